The molecular formula is C64H68N2O15. The van der Waals surface area contributed by atoms with Crippen molar-refractivity contribution < 1.29 is 72.9 Å². The lowest BCUT2D eigenvalue weighted by Gasteiger charge is -2.30. The molecule has 0 aromatic heterocycles. The SMILES string of the molecule is CC/C(=C(\c1ccccc1)c1ccc(OCCN(C)COC(=O)CC(CC(=O)OCN(C)CCOc2ccc(/C(=C(/CC)c3ccccc3)c3ccccc3)cc2)(OC(=O)CC(O)(CC(=O)O)C(=O)O)C(=O)O)cc1)c1ccccc1. The van der Waals surface area contributed by atoms with Gasteiger partial charge in [-0.2, -0.15) is 0 Å². The van der Waals surface area contributed by atoms with Crippen LogP contribution in [0.25, 0.3) is 22.3 Å². The molecule has 0 amide bonds. The number of carboxylic acid groups (broad SMARTS) is 3. The number of ether oxygens (including phenoxy) is 5. The number of benzene rings is 6. The smallest absolute Gasteiger partial charge is 0.349 e. The minimum absolute atomic E-state index is 0.140. The summed E-state index contributed by atoms with van der Waals surface area (Å²) >= 11 is 0. The standard InChI is InChI=1S/C64H68N2O15/c1-5-53(45-19-11-7-12-20-45)59(47-23-15-9-16-24-47)49-27-31-51(32-28-49)77-37-35-65(3)43-79-56(69)41-64(62(74)75,81-58(71)40-63(76,61(72)73)39-55(67)68)42-57(70)80-44-66(4)36-38-78-52-33-29-50(30-34-52)60(48-25-17-10-18-26-48)54(6-2)46-21-13-8-14-22-46/h7-34,76H,5-6,35-44H2,1-4H3,(H,67,68)(H,72,73)(H,74,75)/b59-53-,60-54-. The van der Waals surface area contributed by atoms with Crippen LogP contribution in [-0.4, -0.2) is 131 Å². The van der Waals surface area contributed by atoms with E-state index in [-0.39, 0.29) is 26.3 Å². The summed E-state index contributed by atoms with van der Waals surface area (Å²) in [5.74, 6) is -9.02. The number of carbonyl (C=O) groups excluding carboxylic acids is 3. The molecule has 17 heteroatoms. The predicted molar refractivity (Wildman–Crippen MR) is 304 cm³/mol. The van der Waals surface area contributed by atoms with Crippen molar-refractivity contribution in [2.45, 2.75) is 63.6 Å². The summed E-state index contributed by atoms with van der Waals surface area (Å²) in [5, 5.41) is 39.8. The quantitative estimate of drug-likeness (QED) is 0.0137. The van der Waals surface area contributed by atoms with Crippen molar-refractivity contribution in [1.29, 1.82) is 0 Å². The molecule has 81 heavy (non-hydrogen) atoms. The van der Waals surface area contributed by atoms with Crippen LogP contribution in [0.1, 0.15) is 85.8 Å². The molecule has 0 saturated heterocycles. The summed E-state index contributed by atoms with van der Waals surface area (Å²) in [6, 6.07) is 56.0. The highest BCUT2D eigenvalue weighted by atomic mass is 16.6. The van der Waals surface area contributed by atoms with Gasteiger partial charge in [-0.3, -0.25) is 29.0 Å². The molecule has 0 heterocycles. The second-order valence-corrected chi connectivity index (χ2v) is 19.3. The van der Waals surface area contributed by atoms with E-state index in [4.69, 9.17) is 23.7 Å². The van der Waals surface area contributed by atoms with Gasteiger partial charge in [0.05, 0.1) is 25.7 Å². The van der Waals surface area contributed by atoms with Crippen LogP contribution in [0.3, 0.4) is 0 Å². The van der Waals surface area contributed by atoms with Crippen LogP contribution in [0, 0.1) is 0 Å². The van der Waals surface area contributed by atoms with Crippen molar-refractivity contribution in [2.24, 2.45) is 0 Å². The van der Waals surface area contributed by atoms with E-state index in [1.807, 2.05) is 121 Å². The van der Waals surface area contributed by atoms with Gasteiger partial charge in [0.15, 0.2) is 5.60 Å². The third-order valence-electron chi connectivity index (χ3n) is 13.2. The zero-order valence-electron chi connectivity index (χ0n) is 45.8. The van der Waals surface area contributed by atoms with Gasteiger partial charge < -0.3 is 44.1 Å². The molecular weight excluding hydrogens is 1040 g/mol. The van der Waals surface area contributed by atoms with Crippen LogP contribution in [0.15, 0.2) is 170 Å². The number of allylic oxidation sites excluding steroid dienone is 2. The summed E-state index contributed by atoms with van der Waals surface area (Å²) < 4.78 is 27.9. The summed E-state index contributed by atoms with van der Waals surface area (Å²) in [6.45, 7) is 4.14. The molecule has 6 aromatic rings. The molecule has 0 spiro atoms. The van der Waals surface area contributed by atoms with Crippen molar-refractivity contribution in [3.63, 3.8) is 0 Å². The third kappa shape index (κ3) is 17.8. The van der Waals surface area contributed by atoms with E-state index in [2.05, 4.69) is 62.4 Å². The molecule has 0 saturated carbocycles. The van der Waals surface area contributed by atoms with Crippen molar-refractivity contribution >= 4 is 58.1 Å². The van der Waals surface area contributed by atoms with E-state index < -0.39 is 86.2 Å². The maximum atomic E-state index is 13.4. The number of likely N-dealkylation sites (N-methyl/N-ethyl adjacent to an activating group) is 2. The number of hydrogen-bond donors (Lipinski definition) is 4. The molecule has 4 N–H and O–H groups in total. The summed E-state index contributed by atoms with van der Waals surface area (Å²) in [7, 11) is 3.19. The fraction of sp³-hybridized carbons (Fsp3) is 0.281. The first-order chi connectivity index (χ1) is 38.9. The van der Waals surface area contributed by atoms with Crippen molar-refractivity contribution in [2.75, 3.05) is 53.9 Å². The highest BCUT2D eigenvalue weighted by Crippen LogP contribution is 2.37. The van der Waals surface area contributed by atoms with Crippen molar-refractivity contribution in [1.82, 2.24) is 9.80 Å². The summed E-state index contributed by atoms with van der Waals surface area (Å²) in [6.07, 6.45) is -3.98. The van der Waals surface area contributed by atoms with Crippen LogP contribution in [0.2, 0.25) is 0 Å². The Hall–Kier alpha value is -8.90. The second kappa shape index (κ2) is 29.9. The van der Waals surface area contributed by atoms with Gasteiger partial charge in [-0.25, -0.2) is 9.59 Å². The van der Waals surface area contributed by atoms with Gasteiger partial charge >= 0.3 is 35.8 Å². The van der Waals surface area contributed by atoms with E-state index in [0.29, 0.717) is 11.5 Å². The molecule has 0 fully saturated rings. The molecule has 1 atom stereocenters. The van der Waals surface area contributed by atoms with Crippen LogP contribution >= 0.6 is 0 Å². The molecule has 6 rings (SSSR count). The fourth-order valence-corrected chi connectivity index (χ4v) is 8.99. The Morgan fingerprint density at radius 3 is 1.10 bits per heavy atom. The maximum absolute atomic E-state index is 13.4. The number of carbonyl (C=O) groups is 6. The Labute approximate surface area is 471 Å². The number of nitrogens with zero attached hydrogens (tertiary/aromatic N) is 2. The van der Waals surface area contributed by atoms with Gasteiger partial charge in [-0.1, -0.05) is 159 Å². The number of hydrogen-bond acceptors (Lipinski definition) is 14. The van der Waals surface area contributed by atoms with Gasteiger partial charge in [0, 0.05) is 13.1 Å². The van der Waals surface area contributed by atoms with Crippen molar-refractivity contribution in [3.8, 4) is 11.5 Å². The van der Waals surface area contributed by atoms with Gasteiger partial charge in [-0.15, -0.1) is 0 Å². The third-order valence-corrected chi connectivity index (χ3v) is 13.2. The number of esters is 3. The number of carboxylic acids is 3. The van der Waals surface area contributed by atoms with Crippen LogP contribution < -0.4 is 9.47 Å². The molecule has 0 bridgehead atoms. The molecule has 1 unspecified atom stereocenters. The molecule has 0 aliphatic rings. The number of rotatable bonds is 31. The normalized spacial score (nSPS) is 13.4. The average Bonchev–Trinajstić information content (AvgIpc) is 3.45. The first-order valence-electron chi connectivity index (χ1n) is 26.4. The minimum atomic E-state index is -3.24. The topological polar surface area (TPSA) is 236 Å². The highest BCUT2D eigenvalue weighted by Gasteiger charge is 2.50. The molecule has 17 nitrogen and oxygen atoms in total. The van der Waals surface area contributed by atoms with E-state index in [1.54, 1.807) is 23.9 Å². The van der Waals surface area contributed by atoms with Gasteiger partial charge in [0.1, 0.15) is 38.2 Å². The average molecular weight is 1110 g/mol. The predicted octanol–water partition coefficient (Wildman–Crippen LogP) is 9.57. The van der Waals surface area contributed by atoms with Gasteiger partial charge in [0.2, 0.25) is 5.60 Å². The second-order valence-electron chi connectivity index (χ2n) is 19.3. The maximum Gasteiger partial charge on any atom is 0.349 e. The van der Waals surface area contributed by atoms with E-state index in [1.165, 1.54) is 11.1 Å². The Bertz CT molecular complexity index is 2940. The lowest BCUT2D eigenvalue weighted by atomic mass is 9.88. The minimum Gasteiger partial charge on any atom is -0.492 e. The van der Waals surface area contributed by atoms with E-state index in [9.17, 15) is 49.2 Å². The molecule has 0 aliphatic carbocycles. The van der Waals surface area contributed by atoms with Gasteiger partial charge in [-0.05, 0) is 107 Å². The summed E-state index contributed by atoms with van der Waals surface area (Å²) in [5.41, 5.74) is 4.63. The largest absolute Gasteiger partial charge is 0.492 e. The Morgan fingerprint density at radius 2 is 0.778 bits per heavy atom. The summed E-state index contributed by atoms with van der Waals surface area (Å²) in [4.78, 5) is 79.4. The zero-order chi connectivity index (χ0) is 58.4. The first-order valence-corrected chi connectivity index (χ1v) is 26.4. The molecule has 0 radical (unpaired) electrons. The lowest BCUT2D eigenvalue weighted by Crippen LogP contribution is -2.50. The Morgan fingerprint density at radius 1 is 0.432 bits per heavy atom. The number of aliphatic carboxylic acids is 3. The van der Waals surface area contributed by atoms with Gasteiger partial charge in [0.25, 0.3) is 0 Å². The molecule has 6 aromatic carbocycles. The molecule has 424 valence electrons. The number of aliphatic hydroxyl groups is 1. The first kappa shape index (κ1) is 61.3. The van der Waals surface area contributed by atoms with Crippen LogP contribution in [-0.2, 0) is 43.0 Å². The van der Waals surface area contributed by atoms with E-state index >= 15 is 0 Å². The molecule has 0 aliphatic heterocycles. The van der Waals surface area contributed by atoms with Crippen LogP contribution in [0.4, 0.5) is 0 Å². The van der Waals surface area contributed by atoms with Crippen LogP contribution in [0.5, 0.6) is 11.5 Å². The Balaban J connectivity index is 1.05. The Kier molecular flexibility index (Phi) is 22.6. The highest BCUT2D eigenvalue weighted by molar-refractivity contribution is 6.00. The lowest BCUT2D eigenvalue weighted by molar-refractivity contribution is -0.193. The monoisotopic (exact) mass is 1100 g/mol. The zero-order valence-corrected chi connectivity index (χ0v) is 45.8. The van der Waals surface area contributed by atoms with Crippen molar-refractivity contribution in [3.05, 3.63) is 203 Å². The van der Waals surface area contributed by atoms with E-state index in [0.717, 1.165) is 57.4 Å². The fourth-order valence-electron chi connectivity index (χ4n) is 8.99.